The van der Waals surface area contributed by atoms with Crippen molar-refractivity contribution in [1.82, 2.24) is 9.55 Å². The lowest BCUT2D eigenvalue weighted by Crippen LogP contribution is -2.06. The van der Waals surface area contributed by atoms with Crippen LogP contribution in [0.3, 0.4) is 0 Å². The normalized spacial score (nSPS) is 11.2. The first-order valence-electron chi connectivity index (χ1n) is 10.8. The Hall–Kier alpha value is -3.07. The summed E-state index contributed by atoms with van der Waals surface area (Å²) in [5, 5.41) is 2.57. The van der Waals surface area contributed by atoms with Crippen LogP contribution in [0.1, 0.15) is 41.4 Å². The molecular formula is C27H30N2O. The van der Waals surface area contributed by atoms with Crippen LogP contribution in [-0.4, -0.2) is 16.2 Å². The highest BCUT2D eigenvalue weighted by Gasteiger charge is 2.08. The molecular weight excluding hydrogens is 368 g/mol. The van der Waals surface area contributed by atoms with E-state index in [0.29, 0.717) is 6.61 Å². The molecule has 0 unspecified atom stereocenters. The third-order valence-corrected chi connectivity index (χ3v) is 5.81. The third-order valence-electron chi connectivity index (χ3n) is 5.81. The number of hydrogen-bond acceptors (Lipinski definition) is 2. The quantitative estimate of drug-likeness (QED) is 0.349. The number of benzene rings is 3. The van der Waals surface area contributed by atoms with Gasteiger partial charge in [0.1, 0.15) is 5.75 Å². The van der Waals surface area contributed by atoms with Crippen LogP contribution in [0.4, 0.5) is 0 Å². The maximum absolute atomic E-state index is 6.29. The Morgan fingerprint density at radius 1 is 0.867 bits per heavy atom. The molecule has 154 valence electrons. The van der Waals surface area contributed by atoms with Gasteiger partial charge in [0.15, 0.2) is 0 Å². The smallest absolute Gasteiger partial charge is 0.122 e. The summed E-state index contributed by atoms with van der Waals surface area (Å²) in [6, 6.07) is 21.8. The molecule has 0 N–H and O–H groups in total. The Bertz CT molecular complexity index is 1140. The number of aromatic nitrogens is 2. The summed E-state index contributed by atoms with van der Waals surface area (Å²) in [6.45, 7) is 7.89. The molecule has 3 nitrogen and oxygen atoms in total. The fraction of sp³-hybridized carbons (Fsp3) is 0.296. The predicted octanol–water partition coefficient (Wildman–Crippen LogP) is 6.28. The van der Waals surface area contributed by atoms with Crippen LogP contribution in [0, 0.1) is 13.8 Å². The molecule has 0 bridgehead atoms. The first-order chi connectivity index (χ1) is 14.6. The van der Waals surface area contributed by atoms with Crippen LogP contribution in [0.5, 0.6) is 5.75 Å². The number of nitrogens with zero attached hydrogens (tertiary/aromatic N) is 2. The van der Waals surface area contributed by atoms with Gasteiger partial charge in [0.05, 0.1) is 18.6 Å². The maximum atomic E-state index is 6.29. The Balaban J connectivity index is 1.47. The molecule has 1 heterocycles. The highest BCUT2D eigenvalue weighted by atomic mass is 16.5. The number of aryl methyl sites for hydroxylation is 2. The van der Waals surface area contributed by atoms with Crippen LogP contribution in [-0.2, 0) is 19.4 Å². The summed E-state index contributed by atoms with van der Waals surface area (Å²) in [7, 11) is 0. The minimum absolute atomic E-state index is 0.682. The van der Waals surface area contributed by atoms with Gasteiger partial charge in [0, 0.05) is 18.7 Å². The van der Waals surface area contributed by atoms with Crippen molar-refractivity contribution in [1.29, 1.82) is 0 Å². The third kappa shape index (κ3) is 4.56. The lowest BCUT2D eigenvalue weighted by Gasteiger charge is -2.14. The van der Waals surface area contributed by atoms with Crippen molar-refractivity contribution in [2.24, 2.45) is 0 Å². The first kappa shape index (κ1) is 20.2. The minimum Gasteiger partial charge on any atom is -0.493 e. The number of fused-ring (bicyclic) bond motifs is 1. The van der Waals surface area contributed by atoms with Gasteiger partial charge in [-0.1, -0.05) is 67.9 Å². The van der Waals surface area contributed by atoms with Gasteiger partial charge in [-0.3, -0.25) is 0 Å². The van der Waals surface area contributed by atoms with Crippen LogP contribution in [0.25, 0.3) is 10.8 Å². The van der Waals surface area contributed by atoms with Crippen molar-refractivity contribution in [2.45, 2.75) is 46.6 Å². The number of imidazole rings is 1. The molecule has 0 fully saturated rings. The fourth-order valence-corrected chi connectivity index (χ4v) is 3.88. The highest BCUT2D eigenvalue weighted by molar-refractivity contribution is 5.82. The lowest BCUT2D eigenvalue weighted by atomic mass is 10.0. The van der Waals surface area contributed by atoms with Gasteiger partial charge in [-0.25, -0.2) is 4.98 Å². The first-order valence-corrected chi connectivity index (χ1v) is 10.8. The molecule has 4 rings (SSSR count). The molecule has 3 heteroatoms. The number of rotatable bonds is 8. The van der Waals surface area contributed by atoms with Crippen molar-refractivity contribution < 1.29 is 4.74 Å². The van der Waals surface area contributed by atoms with Gasteiger partial charge in [0.2, 0.25) is 0 Å². The molecule has 30 heavy (non-hydrogen) atoms. The van der Waals surface area contributed by atoms with Crippen molar-refractivity contribution in [3.8, 4) is 5.75 Å². The largest absolute Gasteiger partial charge is 0.493 e. The summed E-state index contributed by atoms with van der Waals surface area (Å²) < 4.78 is 8.49. The SMILES string of the molecule is CCCc1ccc(Cn2cnc(C)c2C)cc1OCCc1ccc2ccccc2c1. The Morgan fingerprint density at radius 2 is 1.67 bits per heavy atom. The second-order valence-electron chi connectivity index (χ2n) is 8.02. The van der Waals surface area contributed by atoms with Crippen LogP contribution >= 0.6 is 0 Å². The molecule has 0 saturated carbocycles. The summed E-state index contributed by atoms with van der Waals surface area (Å²) in [5.41, 5.74) is 6.15. The van der Waals surface area contributed by atoms with Gasteiger partial charge in [-0.05, 0) is 53.8 Å². The molecule has 3 aromatic carbocycles. The van der Waals surface area contributed by atoms with Gasteiger partial charge < -0.3 is 9.30 Å². The minimum atomic E-state index is 0.682. The van der Waals surface area contributed by atoms with E-state index in [4.69, 9.17) is 4.74 Å². The zero-order valence-electron chi connectivity index (χ0n) is 18.2. The van der Waals surface area contributed by atoms with E-state index in [1.807, 2.05) is 6.33 Å². The Labute approximate surface area is 179 Å². The van der Waals surface area contributed by atoms with E-state index in [2.05, 4.69) is 91.0 Å². The van der Waals surface area contributed by atoms with E-state index in [9.17, 15) is 0 Å². The maximum Gasteiger partial charge on any atom is 0.122 e. The summed E-state index contributed by atoms with van der Waals surface area (Å²) >= 11 is 0. The second-order valence-corrected chi connectivity index (χ2v) is 8.02. The molecule has 0 radical (unpaired) electrons. The molecule has 0 aliphatic carbocycles. The highest BCUT2D eigenvalue weighted by Crippen LogP contribution is 2.24. The molecule has 0 atom stereocenters. The van der Waals surface area contributed by atoms with E-state index in [1.165, 1.54) is 33.2 Å². The number of hydrogen-bond donors (Lipinski definition) is 0. The molecule has 0 saturated heterocycles. The van der Waals surface area contributed by atoms with E-state index < -0.39 is 0 Å². The monoisotopic (exact) mass is 398 g/mol. The van der Waals surface area contributed by atoms with E-state index in [0.717, 1.165) is 37.3 Å². The molecule has 0 aliphatic rings. The zero-order valence-corrected chi connectivity index (χ0v) is 18.2. The topological polar surface area (TPSA) is 27.1 Å². The van der Waals surface area contributed by atoms with Crippen molar-refractivity contribution in [3.05, 3.63) is 95.1 Å². The molecule has 0 aliphatic heterocycles. The van der Waals surface area contributed by atoms with Crippen molar-refractivity contribution in [3.63, 3.8) is 0 Å². The average molecular weight is 399 g/mol. The Morgan fingerprint density at radius 3 is 2.43 bits per heavy atom. The zero-order chi connectivity index (χ0) is 20.9. The van der Waals surface area contributed by atoms with Gasteiger partial charge in [-0.2, -0.15) is 0 Å². The van der Waals surface area contributed by atoms with Gasteiger partial charge in [0.25, 0.3) is 0 Å². The second kappa shape index (κ2) is 9.17. The van der Waals surface area contributed by atoms with Gasteiger partial charge in [-0.15, -0.1) is 0 Å². The standard InChI is InChI=1S/C27H30N2O/c1-4-7-25-13-11-23(18-29-19-28-20(2)21(29)3)17-27(25)30-15-14-22-10-12-24-8-5-6-9-26(24)16-22/h5-6,8-13,16-17,19H,4,7,14-15,18H2,1-3H3. The van der Waals surface area contributed by atoms with E-state index in [1.54, 1.807) is 0 Å². The lowest BCUT2D eigenvalue weighted by molar-refractivity contribution is 0.318. The average Bonchev–Trinajstić information content (AvgIpc) is 3.07. The summed E-state index contributed by atoms with van der Waals surface area (Å²) in [4.78, 5) is 4.42. The van der Waals surface area contributed by atoms with Crippen molar-refractivity contribution >= 4 is 10.8 Å². The Kier molecular flexibility index (Phi) is 6.18. The predicted molar refractivity (Wildman–Crippen MR) is 124 cm³/mol. The molecule has 0 amide bonds. The molecule has 4 aromatic rings. The van der Waals surface area contributed by atoms with Crippen LogP contribution in [0.2, 0.25) is 0 Å². The van der Waals surface area contributed by atoms with Crippen molar-refractivity contribution in [2.75, 3.05) is 6.61 Å². The van der Waals surface area contributed by atoms with E-state index in [-0.39, 0.29) is 0 Å². The number of ether oxygens (including phenoxy) is 1. The van der Waals surface area contributed by atoms with Crippen LogP contribution in [0.15, 0.2) is 67.0 Å². The summed E-state index contributed by atoms with van der Waals surface area (Å²) in [6.07, 6.45) is 4.97. The summed E-state index contributed by atoms with van der Waals surface area (Å²) in [5.74, 6) is 1.02. The molecule has 1 aromatic heterocycles. The fourth-order valence-electron chi connectivity index (χ4n) is 3.88. The van der Waals surface area contributed by atoms with Gasteiger partial charge >= 0.3 is 0 Å². The van der Waals surface area contributed by atoms with Crippen LogP contribution < -0.4 is 4.74 Å². The molecule has 0 spiro atoms. The van der Waals surface area contributed by atoms with E-state index >= 15 is 0 Å².